The minimum Gasteiger partial charge on any atom is -0.511 e. The molecule has 0 aromatic carbocycles. The molecule has 0 aromatic rings. The number of ketones is 1. The molecular weight excluding hydrogens is 1210 g/mol. The molecule has 6 saturated heterocycles. The van der Waals surface area contributed by atoms with Crippen LogP contribution in [0, 0.1) is 46.8 Å². The summed E-state index contributed by atoms with van der Waals surface area (Å²) in [6.45, 7) is 24.2. The van der Waals surface area contributed by atoms with E-state index in [1.165, 1.54) is 13.2 Å². The number of nitrogens with one attached hydrogen (secondary N) is 1. The Bertz CT molecular complexity index is 2900. The van der Waals surface area contributed by atoms with Gasteiger partial charge in [-0.3, -0.25) is 14.4 Å². The fourth-order valence-electron chi connectivity index (χ4n) is 16.9. The van der Waals surface area contributed by atoms with Crippen molar-refractivity contribution in [3.05, 3.63) is 58.4 Å². The number of rotatable bonds is 14. The number of aliphatic hydroxyl groups excluding tert-OH is 4. The van der Waals surface area contributed by atoms with Crippen LogP contribution in [0.2, 0.25) is 0 Å². The second-order valence-corrected chi connectivity index (χ2v) is 29.1. The van der Waals surface area contributed by atoms with Crippen molar-refractivity contribution in [2.45, 2.75) is 288 Å². The Morgan fingerprint density at radius 1 is 0.710 bits per heavy atom. The van der Waals surface area contributed by atoms with Gasteiger partial charge in [-0.05, 0) is 116 Å². The second kappa shape index (κ2) is 28.5. The van der Waals surface area contributed by atoms with Crippen LogP contribution in [-0.4, -0.2) is 192 Å². The molecule has 4 aliphatic carbocycles. The largest absolute Gasteiger partial charge is 0.511 e. The highest BCUT2D eigenvalue weighted by molar-refractivity contribution is 6.26. The molecule has 7 N–H and O–H groups in total. The number of ether oxygens (including phenoxy) is 13. The van der Waals surface area contributed by atoms with E-state index in [0.29, 0.717) is 44.0 Å². The Kier molecular flexibility index (Phi) is 21.9. The standard InChI is InChI=1S/C69H102N2O22/c1-31(2)64(78)92-60-39(10)85-54(27-50(60)89-51-22-20-49(37(8)83-51)88-53-26-47(75)59(38(9)84-53)90-52-21-18-45(73)36(7)82-52)91-58-35(6)23-34(5)57-42(58)16-17-43-32(3)15-19-48(87-55-29-67(12,70)61(40(11)86-55)71-66(80)81-14)33(4)24-44-46(74)25-41(30-72)28-69(44)63(77)56(65(79)93-69)62(76)68(43,57)13/h15-17,24-25,30-31,34-40,42-55,57-61,73-76H,18-23,26-29,70H2,1-14H3,(H,71,80)/b32-15-,33-24+,62-56-. The zero-order valence-corrected chi connectivity index (χ0v) is 56.3. The molecule has 7 fully saturated rings. The SMILES string of the molecule is COC(=O)NC1C(C)OC(OC2C/C=C(/C)C3C=CC4C(OC5CC(OC6CCC(OC7CC(O)C(OC8CCC(O)C(C)O8)C(C)O7)C(C)O6)C(OC(=O)C(C)C)C(C)O5)C(C)CC(C)C4C3(C)/C(O)=C3/C(=O)OC4(CC(C=O)=CC(O)C4/C=C/2C)C3=O)CC1(C)N. The molecule has 24 nitrogen and oxygen atoms in total. The smallest absolute Gasteiger partial charge is 0.407 e. The summed E-state index contributed by atoms with van der Waals surface area (Å²) >= 11 is 0. The highest BCUT2D eigenvalue weighted by Gasteiger charge is 2.65. The highest BCUT2D eigenvalue weighted by atomic mass is 16.8. The van der Waals surface area contributed by atoms with Crippen LogP contribution in [0.4, 0.5) is 4.79 Å². The number of fused-ring (bicyclic) bond motifs is 4. The molecule has 1 spiro atoms. The number of carbonyl (C=O) groups is 5. The molecule has 6 heterocycles. The third kappa shape index (κ3) is 14.4. The van der Waals surface area contributed by atoms with Crippen molar-refractivity contribution in [1.29, 1.82) is 0 Å². The minimum atomic E-state index is -2.13. The predicted octanol–water partition coefficient (Wildman–Crippen LogP) is 6.68. The maximum Gasteiger partial charge on any atom is 0.407 e. The van der Waals surface area contributed by atoms with E-state index in [2.05, 4.69) is 25.2 Å². The van der Waals surface area contributed by atoms with Crippen LogP contribution in [0.3, 0.4) is 0 Å². The first-order valence-electron chi connectivity index (χ1n) is 33.7. The predicted molar refractivity (Wildman–Crippen MR) is 332 cm³/mol. The number of alkyl carbamates (subject to hydrolysis) is 1. The molecule has 0 aromatic heterocycles. The number of esters is 2. The van der Waals surface area contributed by atoms with Crippen molar-refractivity contribution in [3.8, 4) is 0 Å². The van der Waals surface area contributed by atoms with Crippen LogP contribution < -0.4 is 11.1 Å². The average Bonchev–Trinajstić information content (AvgIpc) is 1.69. The van der Waals surface area contributed by atoms with Gasteiger partial charge in [-0.2, -0.15) is 0 Å². The van der Waals surface area contributed by atoms with Crippen LogP contribution >= 0.6 is 0 Å². The molecule has 1 amide bonds. The quantitative estimate of drug-likeness (QED) is 0.0347. The van der Waals surface area contributed by atoms with Crippen LogP contribution in [-0.2, 0) is 80.8 Å². The lowest BCUT2D eigenvalue weighted by Crippen LogP contribution is -2.66. The van der Waals surface area contributed by atoms with Gasteiger partial charge >= 0.3 is 18.0 Å². The van der Waals surface area contributed by atoms with Crippen molar-refractivity contribution >= 4 is 30.1 Å². The fourth-order valence-corrected chi connectivity index (χ4v) is 16.9. The monoisotopic (exact) mass is 1310 g/mol. The van der Waals surface area contributed by atoms with Gasteiger partial charge < -0.3 is 93.1 Å². The van der Waals surface area contributed by atoms with Gasteiger partial charge in [0.2, 0.25) is 5.78 Å². The van der Waals surface area contributed by atoms with E-state index >= 15 is 4.79 Å². The molecular formula is C69H102N2O22. The van der Waals surface area contributed by atoms with E-state index < -0.39 is 204 Å². The highest BCUT2D eigenvalue weighted by Crippen LogP contribution is 2.61. The molecule has 93 heavy (non-hydrogen) atoms. The zero-order valence-electron chi connectivity index (χ0n) is 56.3. The topological polar surface area (TPSA) is 324 Å². The first kappa shape index (κ1) is 71.3. The summed E-state index contributed by atoms with van der Waals surface area (Å²) in [7, 11) is 1.26. The fraction of sp³-hybridized carbons (Fsp3) is 0.783. The summed E-state index contributed by atoms with van der Waals surface area (Å²) in [6.07, 6.45) is -1.73. The summed E-state index contributed by atoms with van der Waals surface area (Å²) in [5.41, 5.74) is 3.19. The third-order valence-corrected chi connectivity index (χ3v) is 21.8. The van der Waals surface area contributed by atoms with Crippen molar-refractivity contribution in [1.82, 2.24) is 5.32 Å². The molecule has 29 atom stereocenters. The van der Waals surface area contributed by atoms with Gasteiger partial charge in [0.15, 0.2) is 43.2 Å². The van der Waals surface area contributed by atoms with E-state index in [0.717, 1.165) is 5.57 Å². The molecule has 10 rings (SSSR count). The average molecular weight is 1310 g/mol. The van der Waals surface area contributed by atoms with E-state index in [1.807, 2.05) is 46.8 Å². The lowest BCUT2D eigenvalue weighted by Gasteiger charge is -2.56. The first-order valence-corrected chi connectivity index (χ1v) is 33.7. The summed E-state index contributed by atoms with van der Waals surface area (Å²) in [4.78, 5) is 68.8. The van der Waals surface area contributed by atoms with Crippen LogP contribution in [0.15, 0.2) is 58.4 Å². The number of hydrogen-bond acceptors (Lipinski definition) is 23. The number of aldehydes is 1. The molecule has 520 valence electrons. The molecule has 29 unspecified atom stereocenters. The van der Waals surface area contributed by atoms with Crippen LogP contribution in [0.1, 0.15) is 154 Å². The van der Waals surface area contributed by atoms with E-state index in [1.54, 1.807) is 47.6 Å². The van der Waals surface area contributed by atoms with Gasteiger partial charge in [0.25, 0.3) is 0 Å². The molecule has 0 radical (unpaired) electrons. The van der Waals surface area contributed by atoms with E-state index in [4.69, 9.17) is 67.3 Å². The van der Waals surface area contributed by atoms with Crippen molar-refractivity contribution in [3.63, 3.8) is 0 Å². The Labute approximate surface area is 545 Å². The van der Waals surface area contributed by atoms with Gasteiger partial charge in [-0.15, -0.1) is 0 Å². The van der Waals surface area contributed by atoms with Gasteiger partial charge in [0.1, 0.15) is 29.8 Å². The van der Waals surface area contributed by atoms with Gasteiger partial charge in [-0.1, -0.05) is 64.5 Å². The molecule has 1 saturated carbocycles. The first-order chi connectivity index (χ1) is 43.9. The van der Waals surface area contributed by atoms with E-state index in [9.17, 15) is 39.6 Å². The lowest BCUT2D eigenvalue weighted by atomic mass is 9.49. The Morgan fingerprint density at radius 2 is 1.34 bits per heavy atom. The number of aliphatic hydroxyl groups is 4. The number of carbonyl (C=O) groups excluding carboxylic acids is 5. The summed E-state index contributed by atoms with van der Waals surface area (Å²) in [6, 6.07) is -0.639. The van der Waals surface area contributed by atoms with Crippen LogP contribution in [0.5, 0.6) is 0 Å². The minimum absolute atomic E-state index is 0.0475. The van der Waals surface area contributed by atoms with Gasteiger partial charge in [0, 0.05) is 61.3 Å². The van der Waals surface area contributed by atoms with Gasteiger partial charge in [0.05, 0.1) is 92.1 Å². The molecule has 24 heteroatoms. The number of amides is 1. The summed E-state index contributed by atoms with van der Waals surface area (Å²) < 4.78 is 82.6. The number of nitrogens with two attached hydrogens (primary N) is 1. The van der Waals surface area contributed by atoms with Crippen LogP contribution in [0.25, 0.3) is 0 Å². The number of Topliss-reactive ketones (excluding diaryl/α,β-unsaturated/α-hetero) is 1. The number of allylic oxidation sites excluding steroid dienone is 3. The molecule has 2 bridgehead atoms. The van der Waals surface area contributed by atoms with Crippen molar-refractivity contribution in [2.24, 2.45) is 52.6 Å². The third-order valence-electron chi connectivity index (χ3n) is 21.8. The Morgan fingerprint density at radius 3 is 2.00 bits per heavy atom. The van der Waals surface area contributed by atoms with Gasteiger partial charge in [-0.25, -0.2) is 9.59 Å². The molecule has 10 aliphatic rings. The summed E-state index contributed by atoms with van der Waals surface area (Å²) in [5, 5.41) is 49.5. The normalized spacial score (nSPS) is 48.3. The van der Waals surface area contributed by atoms with E-state index in [-0.39, 0.29) is 49.5 Å². The number of methoxy groups -OCH3 is 1. The Hall–Kier alpha value is -4.51. The maximum atomic E-state index is 15.6. The lowest BCUT2D eigenvalue weighted by molar-refractivity contribution is -0.331. The Balaban J connectivity index is 0.906. The number of hydrogen-bond donors (Lipinski definition) is 6. The van der Waals surface area contributed by atoms with Crippen molar-refractivity contribution in [2.75, 3.05) is 7.11 Å². The molecule has 6 aliphatic heterocycles. The second-order valence-electron chi connectivity index (χ2n) is 29.1. The summed E-state index contributed by atoms with van der Waals surface area (Å²) in [5.74, 6) is -6.32. The van der Waals surface area contributed by atoms with Crippen molar-refractivity contribution < 1.29 is 106 Å². The maximum absolute atomic E-state index is 15.6. The zero-order chi connectivity index (χ0) is 67.5.